The van der Waals surface area contributed by atoms with E-state index in [1.165, 1.54) is 0 Å². The molecule has 0 saturated heterocycles. The Balaban J connectivity index is 1.83. The van der Waals surface area contributed by atoms with Crippen molar-refractivity contribution in [3.63, 3.8) is 0 Å². The number of phenolic OH excluding ortho intramolecular Hbond substituents is 1. The third-order valence-electron chi connectivity index (χ3n) is 3.92. The zero-order valence-electron chi connectivity index (χ0n) is 14.2. The van der Waals surface area contributed by atoms with Gasteiger partial charge in [0.05, 0.1) is 18.5 Å². The molecule has 25 heavy (non-hydrogen) atoms. The number of aromatic nitrogens is 2. The van der Waals surface area contributed by atoms with Crippen LogP contribution in [0.4, 0.5) is 0 Å². The first-order valence-corrected chi connectivity index (χ1v) is 8.13. The molecule has 0 spiro atoms. The minimum atomic E-state index is 0.178. The Kier molecular flexibility index (Phi) is 5.59. The molecule has 0 aliphatic carbocycles. The quantitative estimate of drug-likeness (QED) is 0.717. The van der Waals surface area contributed by atoms with Crippen molar-refractivity contribution in [3.05, 3.63) is 83.9 Å². The average molecular weight is 335 g/mol. The van der Waals surface area contributed by atoms with Crippen molar-refractivity contribution >= 4 is 0 Å². The molecule has 0 bridgehead atoms. The summed E-state index contributed by atoms with van der Waals surface area (Å²) in [4.78, 5) is 11.0. The van der Waals surface area contributed by atoms with Gasteiger partial charge in [-0.05, 0) is 30.3 Å². The SMILES string of the molecule is COc1cccc(CN(Cc2ccccn2)Cc2ccccn2)c1O. The second-order valence-electron chi connectivity index (χ2n) is 5.76. The monoisotopic (exact) mass is 335 g/mol. The highest BCUT2D eigenvalue weighted by atomic mass is 16.5. The van der Waals surface area contributed by atoms with Crippen molar-refractivity contribution < 1.29 is 9.84 Å². The van der Waals surface area contributed by atoms with Gasteiger partial charge >= 0.3 is 0 Å². The van der Waals surface area contributed by atoms with Gasteiger partial charge in [-0.2, -0.15) is 0 Å². The summed E-state index contributed by atoms with van der Waals surface area (Å²) in [5.74, 6) is 0.658. The molecule has 5 heteroatoms. The van der Waals surface area contributed by atoms with E-state index < -0.39 is 0 Å². The third-order valence-corrected chi connectivity index (χ3v) is 3.92. The topological polar surface area (TPSA) is 58.5 Å². The molecule has 0 aliphatic rings. The van der Waals surface area contributed by atoms with Gasteiger partial charge in [0.25, 0.3) is 0 Å². The Morgan fingerprint density at radius 3 is 2.00 bits per heavy atom. The van der Waals surface area contributed by atoms with E-state index in [-0.39, 0.29) is 5.75 Å². The van der Waals surface area contributed by atoms with Crippen molar-refractivity contribution in [1.29, 1.82) is 0 Å². The maximum Gasteiger partial charge on any atom is 0.162 e. The fourth-order valence-electron chi connectivity index (χ4n) is 2.71. The molecule has 0 fully saturated rings. The molecule has 128 valence electrons. The van der Waals surface area contributed by atoms with Crippen LogP contribution in [-0.2, 0) is 19.6 Å². The number of benzene rings is 1. The molecule has 0 aliphatic heterocycles. The Morgan fingerprint density at radius 2 is 1.48 bits per heavy atom. The largest absolute Gasteiger partial charge is 0.504 e. The summed E-state index contributed by atoms with van der Waals surface area (Å²) >= 11 is 0. The van der Waals surface area contributed by atoms with Crippen LogP contribution in [0.15, 0.2) is 67.0 Å². The Morgan fingerprint density at radius 1 is 0.840 bits per heavy atom. The predicted octanol–water partition coefficient (Wildman–Crippen LogP) is 3.39. The average Bonchev–Trinajstić information content (AvgIpc) is 2.65. The Bertz CT molecular complexity index is 753. The number of para-hydroxylation sites is 1. The number of hydrogen-bond donors (Lipinski definition) is 1. The third kappa shape index (κ3) is 4.55. The van der Waals surface area contributed by atoms with Crippen molar-refractivity contribution in [1.82, 2.24) is 14.9 Å². The fraction of sp³-hybridized carbons (Fsp3) is 0.200. The minimum absolute atomic E-state index is 0.178. The van der Waals surface area contributed by atoms with Crippen molar-refractivity contribution in [2.45, 2.75) is 19.6 Å². The maximum atomic E-state index is 10.4. The number of aromatic hydroxyl groups is 1. The van der Waals surface area contributed by atoms with Gasteiger partial charge in [-0.1, -0.05) is 24.3 Å². The fourth-order valence-corrected chi connectivity index (χ4v) is 2.71. The summed E-state index contributed by atoms with van der Waals surface area (Å²) in [6, 6.07) is 17.3. The standard InChI is InChI=1S/C20H21N3O2/c1-25-19-10-6-7-16(20(19)24)13-23(14-17-8-2-4-11-21-17)15-18-9-3-5-12-22-18/h2-12,24H,13-15H2,1H3. The van der Waals surface area contributed by atoms with Crippen LogP contribution in [0.3, 0.4) is 0 Å². The Hall–Kier alpha value is -2.92. The summed E-state index contributed by atoms with van der Waals surface area (Å²) in [7, 11) is 1.55. The van der Waals surface area contributed by atoms with Crippen LogP contribution in [0, 0.1) is 0 Å². The molecule has 1 aromatic carbocycles. The van der Waals surface area contributed by atoms with E-state index in [4.69, 9.17) is 4.74 Å². The lowest BCUT2D eigenvalue weighted by molar-refractivity contribution is 0.237. The molecule has 3 rings (SSSR count). The zero-order valence-corrected chi connectivity index (χ0v) is 14.2. The molecule has 5 nitrogen and oxygen atoms in total. The second kappa shape index (κ2) is 8.26. The summed E-state index contributed by atoms with van der Waals surface area (Å²) < 4.78 is 5.21. The second-order valence-corrected chi connectivity index (χ2v) is 5.76. The van der Waals surface area contributed by atoms with Crippen LogP contribution in [0.1, 0.15) is 17.0 Å². The van der Waals surface area contributed by atoms with Crippen LogP contribution >= 0.6 is 0 Å². The minimum Gasteiger partial charge on any atom is -0.504 e. The molecule has 2 aromatic heterocycles. The summed E-state index contributed by atoms with van der Waals surface area (Å²) in [5, 5.41) is 10.4. The normalized spacial score (nSPS) is 10.8. The number of rotatable bonds is 7. The van der Waals surface area contributed by atoms with Crippen LogP contribution in [0.5, 0.6) is 11.5 Å². The zero-order chi connectivity index (χ0) is 17.5. The van der Waals surface area contributed by atoms with Crippen LogP contribution in [0.25, 0.3) is 0 Å². The maximum absolute atomic E-state index is 10.4. The predicted molar refractivity (Wildman–Crippen MR) is 96.1 cm³/mol. The first kappa shape index (κ1) is 16.9. The first-order chi connectivity index (χ1) is 12.3. The number of methoxy groups -OCH3 is 1. The van der Waals surface area contributed by atoms with Crippen molar-refractivity contribution in [3.8, 4) is 11.5 Å². The van der Waals surface area contributed by atoms with Gasteiger partial charge < -0.3 is 9.84 Å². The van der Waals surface area contributed by atoms with Crippen LogP contribution in [0.2, 0.25) is 0 Å². The molecule has 0 saturated carbocycles. The Labute approximate surface area is 147 Å². The van der Waals surface area contributed by atoms with Gasteiger partial charge in [-0.15, -0.1) is 0 Å². The number of pyridine rings is 2. The molecule has 0 unspecified atom stereocenters. The lowest BCUT2D eigenvalue weighted by Gasteiger charge is -2.22. The number of nitrogens with zero attached hydrogens (tertiary/aromatic N) is 3. The molecule has 3 aromatic rings. The highest BCUT2D eigenvalue weighted by molar-refractivity contribution is 5.45. The lowest BCUT2D eigenvalue weighted by atomic mass is 10.1. The highest BCUT2D eigenvalue weighted by Gasteiger charge is 2.14. The van der Waals surface area contributed by atoms with E-state index in [9.17, 15) is 5.11 Å². The van der Waals surface area contributed by atoms with Gasteiger partial charge in [-0.3, -0.25) is 14.9 Å². The number of phenols is 1. The molecular weight excluding hydrogens is 314 g/mol. The molecule has 2 heterocycles. The van der Waals surface area contributed by atoms with Crippen LogP contribution in [-0.4, -0.2) is 27.1 Å². The number of ether oxygens (including phenoxy) is 1. The van der Waals surface area contributed by atoms with Crippen molar-refractivity contribution in [2.24, 2.45) is 0 Å². The summed E-state index contributed by atoms with van der Waals surface area (Å²) in [6.45, 7) is 1.89. The lowest BCUT2D eigenvalue weighted by Crippen LogP contribution is -2.23. The van der Waals surface area contributed by atoms with E-state index in [1.54, 1.807) is 25.6 Å². The summed E-state index contributed by atoms with van der Waals surface area (Å²) in [6.07, 6.45) is 3.58. The van der Waals surface area contributed by atoms with Gasteiger partial charge in [0.15, 0.2) is 11.5 Å². The smallest absolute Gasteiger partial charge is 0.162 e. The number of hydrogen-bond acceptors (Lipinski definition) is 5. The van der Waals surface area contributed by atoms with Gasteiger partial charge in [0.1, 0.15) is 0 Å². The van der Waals surface area contributed by atoms with E-state index in [2.05, 4.69) is 14.9 Å². The van der Waals surface area contributed by atoms with E-state index >= 15 is 0 Å². The van der Waals surface area contributed by atoms with Crippen molar-refractivity contribution in [2.75, 3.05) is 7.11 Å². The molecule has 0 atom stereocenters. The summed E-state index contributed by atoms with van der Waals surface area (Å²) in [5.41, 5.74) is 2.76. The highest BCUT2D eigenvalue weighted by Crippen LogP contribution is 2.30. The molecule has 0 radical (unpaired) electrons. The molecule has 1 N–H and O–H groups in total. The van der Waals surface area contributed by atoms with E-state index in [0.29, 0.717) is 25.4 Å². The van der Waals surface area contributed by atoms with Gasteiger partial charge in [0.2, 0.25) is 0 Å². The molecular formula is C20H21N3O2. The first-order valence-electron chi connectivity index (χ1n) is 8.13. The van der Waals surface area contributed by atoms with Gasteiger partial charge in [-0.25, -0.2) is 0 Å². The van der Waals surface area contributed by atoms with Crippen LogP contribution < -0.4 is 4.74 Å². The van der Waals surface area contributed by atoms with E-state index in [0.717, 1.165) is 17.0 Å². The van der Waals surface area contributed by atoms with Gasteiger partial charge in [0, 0.05) is 37.6 Å². The van der Waals surface area contributed by atoms with E-state index in [1.807, 2.05) is 48.5 Å². The molecule has 0 amide bonds.